The Labute approximate surface area is 143 Å². The van der Waals surface area contributed by atoms with Gasteiger partial charge in [0.05, 0.1) is 4.47 Å². The maximum Gasteiger partial charge on any atom is 0.265 e. The van der Waals surface area contributed by atoms with Gasteiger partial charge in [-0.2, -0.15) is 0 Å². The van der Waals surface area contributed by atoms with E-state index in [-0.39, 0.29) is 16.4 Å². The van der Waals surface area contributed by atoms with Gasteiger partial charge in [0.15, 0.2) is 5.11 Å². The molecular weight excluding hydrogens is 424 g/mol. The van der Waals surface area contributed by atoms with Crippen LogP contribution in [0.15, 0.2) is 26.7 Å². The molecule has 5 nitrogen and oxygen atoms in total. The number of thiocarbonyl (C=S) groups is 1. The second-order valence-electron chi connectivity index (χ2n) is 4.39. The van der Waals surface area contributed by atoms with Gasteiger partial charge < -0.3 is 5.11 Å². The van der Waals surface area contributed by atoms with E-state index in [9.17, 15) is 14.7 Å². The number of hydrogen-bond donors (Lipinski definition) is 1. The summed E-state index contributed by atoms with van der Waals surface area (Å²) in [6, 6.07) is 3.27. The van der Waals surface area contributed by atoms with E-state index in [2.05, 4.69) is 31.9 Å². The molecule has 0 atom stereocenters. The summed E-state index contributed by atoms with van der Waals surface area (Å²) in [6.45, 7) is 0. The number of phenolic OH excluding ortho intramolecular Hbond substituents is 1. The molecule has 0 aliphatic carbocycles. The van der Waals surface area contributed by atoms with Crippen molar-refractivity contribution in [2.45, 2.75) is 0 Å². The van der Waals surface area contributed by atoms with Gasteiger partial charge in [-0.3, -0.25) is 19.4 Å². The molecule has 0 radical (unpaired) electrons. The number of likely N-dealkylation sites (N-methyl/N-ethyl adjacent to an activating group) is 2. The third kappa shape index (κ3) is 2.88. The van der Waals surface area contributed by atoms with Gasteiger partial charge in [-0.15, -0.1) is 0 Å². The average molecular weight is 434 g/mol. The standard InChI is InChI=1S/C13H10Br2N2O3S/c1-16-11(19)8(12(20)17(2)13(16)21)4-6-3-7(14)5-9(15)10(6)18/h3-5,18H,1-2H3. The molecule has 0 saturated carbocycles. The summed E-state index contributed by atoms with van der Waals surface area (Å²) >= 11 is 11.5. The van der Waals surface area contributed by atoms with Crippen LogP contribution < -0.4 is 0 Å². The van der Waals surface area contributed by atoms with Gasteiger partial charge in [-0.25, -0.2) is 0 Å². The molecule has 0 unspecified atom stereocenters. The van der Waals surface area contributed by atoms with Crippen molar-refractivity contribution in [1.82, 2.24) is 9.80 Å². The summed E-state index contributed by atoms with van der Waals surface area (Å²) in [5, 5.41) is 10.2. The lowest BCUT2D eigenvalue weighted by molar-refractivity contribution is -0.132. The summed E-state index contributed by atoms with van der Waals surface area (Å²) in [5.74, 6) is -1.05. The molecule has 1 aliphatic heterocycles. The molecule has 0 bridgehead atoms. The van der Waals surface area contributed by atoms with Gasteiger partial charge in [-0.1, -0.05) is 15.9 Å². The van der Waals surface area contributed by atoms with Crippen LogP contribution in [-0.2, 0) is 9.59 Å². The summed E-state index contributed by atoms with van der Waals surface area (Å²) in [5.41, 5.74) is 0.288. The fourth-order valence-corrected chi connectivity index (χ4v) is 3.25. The van der Waals surface area contributed by atoms with Crippen LogP contribution in [0, 0.1) is 0 Å². The van der Waals surface area contributed by atoms with Gasteiger partial charge in [-0.05, 0) is 46.4 Å². The molecule has 8 heteroatoms. The van der Waals surface area contributed by atoms with Crippen molar-refractivity contribution in [2.75, 3.05) is 14.1 Å². The maximum absolute atomic E-state index is 12.2. The van der Waals surface area contributed by atoms with Gasteiger partial charge in [0.25, 0.3) is 11.8 Å². The second kappa shape index (κ2) is 5.86. The number of rotatable bonds is 1. The zero-order valence-electron chi connectivity index (χ0n) is 11.1. The van der Waals surface area contributed by atoms with Crippen molar-refractivity contribution in [1.29, 1.82) is 0 Å². The Balaban J connectivity index is 2.57. The number of hydrogen-bond acceptors (Lipinski definition) is 4. The molecule has 1 aromatic rings. The van der Waals surface area contributed by atoms with Crippen molar-refractivity contribution in [2.24, 2.45) is 0 Å². The SMILES string of the molecule is CN1C(=O)C(=Cc2cc(Br)cc(Br)c2O)C(=O)N(C)C1=S. The average Bonchev–Trinajstić information content (AvgIpc) is 2.44. The number of nitrogens with zero attached hydrogens (tertiary/aromatic N) is 2. The van der Waals surface area contributed by atoms with Crippen molar-refractivity contribution in [3.8, 4) is 5.75 Å². The molecule has 1 N–H and O–H groups in total. The van der Waals surface area contributed by atoms with Crippen LogP contribution in [0.5, 0.6) is 5.75 Å². The number of halogens is 2. The number of benzene rings is 1. The van der Waals surface area contributed by atoms with Gasteiger partial charge in [0.1, 0.15) is 11.3 Å². The van der Waals surface area contributed by atoms with Crippen LogP contribution in [0.3, 0.4) is 0 Å². The van der Waals surface area contributed by atoms with E-state index < -0.39 is 11.8 Å². The fourth-order valence-electron chi connectivity index (χ4n) is 1.83. The Morgan fingerprint density at radius 1 is 1.14 bits per heavy atom. The van der Waals surface area contributed by atoms with Crippen molar-refractivity contribution >= 4 is 67.1 Å². The quantitative estimate of drug-likeness (QED) is 0.420. The number of carbonyl (C=O) groups is 2. The molecule has 1 fully saturated rings. The van der Waals surface area contributed by atoms with Crippen molar-refractivity contribution in [3.05, 3.63) is 32.2 Å². The van der Waals surface area contributed by atoms with E-state index in [0.717, 1.165) is 0 Å². The van der Waals surface area contributed by atoms with E-state index in [1.807, 2.05) is 0 Å². The molecule has 2 rings (SSSR count). The highest BCUT2D eigenvalue weighted by Gasteiger charge is 2.35. The normalized spacial score (nSPS) is 15.8. The highest BCUT2D eigenvalue weighted by Crippen LogP contribution is 2.33. The maximum atomic E-state index is 12.2. The first-order valence-corrected chi connectivity index (χ1v) is 7.73. The summed E-state index contributed by atoms with van der Waals surface area (Å²) in [4.78, 5) is 26.8. The van der Waals surface area contributed by atoms with E-state index in [1.54, 1.807) is 12.1 Å². The predicted octanol–water partition coefficient (Wildman–Crippen LogP) is 2.52. The first kappa shape index (κ1) is 16.1. The lowest BCUT2D eigenvalue weighted by Crippen LogP contribution is -2.52. The molecule has 2 amide bonds. The minimum atomic E-state index is -0.501. The lowest BCUT2D eigenvalue weighted by Gasteiger charge is -2.31. The minimum Gasteiger partial charge on any atom is -0.506 e. The second-order valence-corrected chi connectivity index (χ2v) is 6.53. The minimum absolute atomic E-state index is 0.0512. The smallest absolute Gasteiger partial charge is 0.265 e. The Hall–Kier alpha value is -1.25. The molecule has 1 heterocycles. The van der Waals surface area contributed by atoms with Crippen molar-refractivity contribution in [3.63, 3.8) is 0 Å². The van der Waals surface area contributed by atoms with E-state index >= 15 is 0 Å². The van der Waals surface area contributed by atoms with Crippen molar-refractivity contribution < 1.29 is 14.7 Å². The van der Waals surface area contributed by atoms with Gasteiger partial charge in [0.2, 0.25) is 0 Å². The molecular formula is C13H10Br2N2O3S. The summed E-state index contributed by atoms with van der Waals surface area (Å²) in [7, 11) is 3.00. The number of aromatic hydroxyl groups is 1. The number of amides is 2. The Morgan fingerprint density at radius 2 is 1.67 bits per heavy atom. The zero-order valence-corrected chi connectivity index (χ0v) is 15.0. The monoisotopic (exact) mass is 432 g/mol. The first-order valence-electron chi connectivity index (χ1n) is 5.73. The molecule has 110 valence electrons. The van der Waals surface area contributed by atoms with Crippen LogP contribution in [0.4, 0.5) is 0 Å². The first-order chi connectivity index (χ1) is 9.73. The molecule has 1 aromatic carbocycles. The summed E-state index contributed by atoms with van der Waals surface area (Å²) < 4.78 is 1.16. The van der Waals surface area contributed by atoms with Crippen LogP contribution >= 0.6 is 44.1 Å². The predicted molar refractivity (Wildman–Crippen MR) is 89.6 cm³/mol. The third-order valence-corrected chi connectivity index (χ3v) is 4.61. The van der Waals surface area contributed by atoms with E-state index in [1.165, 1.54) is 30.0 Å². The highest BCUT2D eigenvalue weighted by atomic mass is 79.9. The topological polar surface area (TPSA) is 60.9 Å². The fraction of sp³-hybridized carbons (Fsp3) is 0.154. The number of carbonyl (C=O) groups excluding carboxylic acids is 2. The Bertz CT molecular complexity index is 677. The molecule has 1 aliphatic rings. The Morgan fingerprint density at radius 3 is 2.19 bits per heavy atom. The highest BCUT2D eigenvalue weighted by molar-refractivity contribution is 9.11. The van der Waals surface area contributed by atoms with Crippen LogP contribution in [0.1, 0.15) is 5.56 Å². The van der Waals surface area contributed by atoms with Gasteiger partial charge in [0, 0.05) is 24.1 Å². The molecule has 0 aromatic heterocycles. The third-order valence-electron chi connectivity index (χ3n) is 3.00. The van der Waals surface area contributed by atoms with Crippen LogP contribution in [-0.4, -0.2) is 45.9 Å². The largest absolute Gasteiger partial charge is 0.506 e. The van der Waals surface area contributed by atoms with Crippen LogP contribution in [0.25, 0.3) is 6.08 Å². The zero-order chi connectivity index (χ0) is 15.9. The van der Waals surface area contributed by atoms with E-state index in [0.29, 0.717) is 14.5 Å². The molecule has 21 heavy (non-hydrogen) atoms. The molecule has 0 spiro atoms. The summed E-state index contributed by atoms with van der Waals surface area (Å²) in [6.07, 6.45) is 1.35. The van der Waals surface area contributed by atoms with Gasteiger partial charge >= 0.3 is 0 Å². The Kier molecular flexibility index (Phi) is 4.50. The van der Waals surface area contributed by atoms with Crippen LogP contribution in [0.2, 0.25) is 0 Å². The van der Waals surface area contributed by atoms with E-state index in [4.69, 9.17) is 12.2 Å². The lowest BCUT2D eigenvalue weighted by atomic mass is 10.1. The molecule has 1 saturated heterocycles. The number of phenols is 1.